The number of nitrogens with zero attached hydrogens (tertiary/aromatic N) is 1. The summed E-state index contributed by atoms with van der Waals surface area (Å²) in [6.45, 7) is 3.47. The van der Waals surface area contributed by atoms with Crippen LogP contribution < -0.4 is 10.6 Å². The van der Waals surface area contributed by atoms with Crippen LogP contribution in [0.5, 0.6) is 0 Å². The smallest absolute Gasteiger partial charge is 0.0663 e. The van der Waals surface area contributed by atoms with Crippen molar-refractivity contribution in [3.8, 4) is 0 Å². The lowest BCUT2D eigenvalue weighted by Crippen LogP contribution is -2.32. The number of anilines is 1. The molecule has 2 N–H and O–H groups in total. The van der Waals surface area contributed by atoms with Crippen molar-refractivity contribution in [3.63, 3.8) is 0 Å². The molecule has 0 fully saturated rings. The molecule has 0 spiro atoms. The Morgan fingerprint density at radius 1 is 1.33 bits per heavy atom. The molecule has 0 saturated carbocycles. The maximum absolute atomic E-state index is 5.55. The fourth-order valence-electron chi connectivity index (χ4n) is 1.47. The molecule has 0 aliphatic carbocycles. The molecule has 0 amide bonds. The van der Waals surface area contributed by atoms with E-state index in [0.29, 0.717) is 12.6 Å². The summed E-state index contributed by atoms with van der Waals surface area (Å²) in [5.74, 6) is 0. The van der Waals surface area contributed by atoms with Gasteiger partial charge in [-0.05, 0) is 24.6 Å². The van der Waals surface area contributed by atoms with Crippen molar-refractivity contribution in [1.29, 1.82) is 0 Å². The van der Waals surface area contributed by atoms with Crippen LogP contribution in [0.2, 0.25) is 0 Å². The van der Waals surface area contributed by atoms with Gasteiger partial charge in [0.1, 0.15) is 0 Å². The molecule has 0 radical (unpaired) electrons. The summed E-state index contributed by atoms with van der Waals surface area (Å²) in [5, 5.41) is 0. The summed E-state index contributed by atoms with van der Waals surface area (Å²) in [6, 6.07) is 8.68. The van der Waals surface area contributed by atoms with Crippen molar-refractivity contribution >= 4 is 5.69 Å². The normalized spacial score (nSPS) is 12.5. The third-order valence-electron chi connectivity index (χ3n) is 2.65. The van der Waals surface area contributed by atoms with E-state index in [1.54, 1.807) is 7.11 Å². The van der Waals surface area contributed by atoms with E-state index in [4.69, 9.17) is 10.5 Å². The molecule has 0 aromatic heterocycles. The number of hydrogen-bond donors (Lipinski definition) is 1. The van der Waals surface area contributed by atoms with E-state index in [-0.39, 0.29) is 0 Å². The first-order valence-electron chi connectivity index (χ1n) is 5.19. The Morgan fingerprint density at radius 3 is 2.40 bits per heavy atom. The zero-order valence-corrected chi connectivity index (χ0v) is 9.73. The molecule has 0 bridgehead atoms. The average Bonchev–Trinajstić information content (AvgIpc) is 2.28. The standard InChI is InChI=1S/C12H20N2O/c1-10(9-15-3)14(2)12-6-4-11(8-13)5-7-12/h4-7,10H,8-9,13H2,1-3H3. The fourth-order valence-corrected chi connectivity index (χ4v) is 1.47. The first kappa shape index (κ1) is 12.0. The van der Waals surface area contributed by atoms with E-state index in [1.165, 1.54) is 5.69 Å². The summed E-state index contributed by atoms with van der Waals surface area (Å²) in [4.78, 5) is 2.20. The molecule has 3 nitrogen and oxygen atoms in total. The van der Waals surface area contributed by atoms with E-state index in [1.807, 2.05) is 0 Å². The average molecular weight is 208 g/mol. The van der Waals surface area contributed by atoms with Crippen molar-refractivity contribution in [1.82, 2.24) is 0 Å². The topological polar surface area (TPSA) is 38.5 Å². The first-order chi connectivity index (χ1) is 7.19. The molecule has 15 heavy (non-hydrogen) atoms. The van der Waals surface area contributed by atoms with Gasteiger partial charge in [-0.2, -0.15) is 0 Å². The zero-order chi connectivity index (χ0) is 11.3. The SMILES string of the molecule is COCC(C)N(C)c1ccc(CN)cc1. The lowest BCUT2D eigenvalue weighted by molar-refractivity contribution is 0.183. The minimum atomic E-state index is 0.374. The van der Waals surface area contributed by atoms with Crippen LogP contribution in [-0.2, 0) is 11.3 Å². The molecule has 1 atom stereocenters. The van der Waals surface area contributed by atoms with E-state index < -0.39 is 0 Å². The summed E-state index contributed by atoms with van der Waals surface area (Å²) in [6.07, 6.45) is 0. The Kier molecular flexibility index (Phi) is 4.59. The van der Waals surface area contributed by atoms with Gasteiger partial charge in [-0.3, -0.25) is 0 Å². The molecule has 1 unspecified atom stereocenters. The summed E-state index contributed by atoms with van der Waals surface area (Å²) in [5.41, 5.74) is 7.90. The van der Waals surface area contributed by atoms with Crippen LogP contribution in [0.25, 0.3) is 0 Å². The zero-order valence-electron chi connectivity index (χ0n) is 9.73. The van der Waals surface area contributed by atoms with Gasteiger partial charge >= 0.3 is 0 Å². The Morgan fingerprint density at radius 2 is 1.93 bits per heavy atom. The molecule has 0 heterocycles. The van der Waals surface area contributed by atoms with Gasteiger partial charge in [0.25, 0.3) is 0 Å². The lowest BCUT2D eigenvalue weighted by atomic mass is 10.2. The third kappa shape index (κ3) is 3.22. The summed E-state index contributed by atoms with van der Waals surface area (Å²) < 4.78 is 5.13. The van der Waals surface area contributed by atoms with E-state index >= 15 is 0 Å². The van der Waals surface area contributed by atoms with Crippen LogP contribution in [-0.4, -0.2) is 26.8 Å². The minimum Gasteiger partial charge on any atom is -0.383 e. The van der Waals surface area contributed by atoms with Crippen LogP contribution in [0.3, 0.4) is 0 Å². The molecule has 0 saturated heterocycles. The highest BCUT2D eigenvalue weighted by Crippen LogP contribution is 2.16. The van der Waals surface area contributed by atoms with Crippen molar-refractivity contribution in [2.75, 3.05) is 25.7 Å². The molecule has 1 rings (SSSR count). The molecule has 1 aromatic carbocycles. The monoisotopic (exact) mass is 208 g/mol. The molecule has 84 valence electrons. The second-order valence-corrected chi connectivity index (χ2v) is 3.79. The van der Waals surface area contributed by atoms with E-state index in [9.17, 15) is 0 Å². The third-order valence-corrected chi connectivity index (χ3v) is 2.65. The lowest BCUT2D eigenvalue weighted by Gasteiger charge is -2.26. The number of methoxy groups -OCH3 is 1. The Hall–Kier alpha value is -1.06. The minimum absolute atomic E-state index is 0.374. The Balaban J connectivity index is 2.69. The van der Waals surface area contributed by atoms with Gasteiger partial charge in [0.2, 0.25) is 0 Å². The number of benzene rings is 1. The van der Waals surface area contributed by atoms with Crippen LogP contribution in [0, 0.1) is 0 Å². The van der Waals surface area contributed by atoms with E-state index in [2.05, 4.69) is 43.1 Å². The summed E-state index contributed by atoms with van der Waals surface area (Å²) >= 11 is 0. The number of ether oxygens (including phenoxy) is 1. The number of nitrogens with two attached hydrogens (primary N) is 1. The van der Waals surface area contributed by atoms with Crippen molar-refractivity contribution in [3.05, 3.63) is 29.8 Å². The van der Waals surface area contributed by atoms with Crippen LogP contribution in [0.15, 0.2) is 24.3 Å². The van der Waals surface area contributed by atoms with Crippen molar-refractivity contribution in [2.45, 2.75) is 19.5 Å². The highest BCUT2D eigenvalue weighted by atomic mass is 16.5. The van der Waals surface area contributed by atoms with Crippen LogP contribution >= 0.6 is 0 Å². The van der Waals surface area contributed by atoms with E-state index in [0.717, 1.165) is 12.2 Å². The number of hydrogen-bond acceptors (Lipinski definition) is 3. The van der Waals surface area contributed by atoms with Crippen LogP contribution in [0.1, 0.15) is 12.5 Å². The molecular weight excluding hydrogens is 188 g/mol. The van der Waals surface area contributed by atoms with Crippen LogP contribution in [0.4, 0.5) is 5.69 Å². The molecule has 3 heteroatoms. The predicted octanol–water partition coefficient (Wildman–Crippen LogP) is 1.62. The second-order valence-electron chi connectivity index (χ2n) is 3.79. The van der Waals surface area contributed by atoms with Gasteiger partial charge in [-0.1, -0.05) is 12.1 Å². The molecule has 1 aromatic rings. The fraction of sp³-hybridized carbons (Fsp3) is 0.500. The van der Waals surface area contributed by atoms with Gasteiger partial charge in [0, 0.05) is 32.4 Å². The highest BCUT2D eigenvalue weighted by molar-refractivity contribution is 5.47. The maximum Gasteiger partial charge on any atom is 0.0663 e. The van der Waals surface area contributed by atoms with Crippen molar-refractivity contribution < 1.29 is 4.74 Å². The van der Waals surface area contributed by atoms with Gasteiger partial charge in [0.15, 0.2) is 0 Å². The highest BCUT2D eigenvalue weighted by Gasteiger charge is 2.08. The first-order valence-corrected chi connectivity index (χ1v) is 5.19. The van der Waals surface area contributed by atoms with Gasteiger partial charge in [-0.25, -0.2) is 0 Å². The predicted molar refractivity (Wildman–Crippen MR) is 64.1 cm³/mol. The maximum atomic E-state index is 5.55. The van der Waals surface area contributed by atoms with Gasteiger partial charge < -0.3 is 15.4 Å². The molecule has 0 aliphatic rings. The second kappa shape index (κ2) is 5.73. The quantitative estimate of drug-likeness (QED) is 0.799. The molecular formula is C12H20N2O. The summed E-state index contributed by atoms with van der Waals surface area (Å²) in [7, 11) is 3.79. The van der Waals surface area contributed by atoms with Gasteiger partial charge in [0.05, 0.1) is 6.61 Å². The van der Waals surface area contributed by atoms with Crippen molar-refractivity contribution in [2.24, 2.45) is 5.73 Å². The Labute approximate surface area is 91.8 Å². The van der Waals surface area contributed by atoms with Gasteiger partial charge in [-0.15, -0.1) is 0 Å². The number of likely N-dealkylation sites (N-methyl/N-ethyl adjacent to an activating group) is 1. The largest absolute Gasteiger partial charge is 0.383 e. The molecule has 0 aliphatic heterocycles. The Bertz CT molecular complexity index is 284. The number of rotatable bonds is 5.